The molecule has 0 unspecified atom stereocenters. The topological polar surface area (TPSA) is 59.4 Å². The van der Waals surface area contributed by atoms with Gasteiger partial charge in [0.05, 0.1) is 73.4 Å². The van der Waals surface area contributed by atoms with Crippen molar-refractivity contribution in [2.24, 2.45) is 0 Å². The van der Waals surface area contributed by atoms with Gasteiger partial charge >= 0.3 is 0 Å². The van der Waals surface area contributed by atoms with Crippen LogP contribution in [-0.2, 0) is 0 Å². The van der Waals surface area contributed by atoms with E-state index < -0.39 is 11.6 Å². The first kappa shape index (κ1) is 38.7. The van der Waals surface area contributed by atoms with Gasteiger partial charge in [0, 0.05) is 49.4 Å². The highest BCUT2D eigenvalue weighted by Gasteiger charge is 2.25. The summed E-state index contributed by atoms with van der Waals surface area (Å²) in [4.78, 5) is 10.2. The number of nitriles is 1. The lowest BCUT2D eigenvalue weighted by Crippen LogP contribution is -2.06. The van der Waals surface area contributed by atoms with E-state index in [2.05, 4.69) is 100 Å². The molecule has 0 spiro atoms. The summed E-state index contributed by atoms with van der Waals surface area (Å²) in [6, 6.07) is 71.0. The second-order valence-electron chi connectivity index (χ2n) is 16.3. The summed E-state index contributed by atoms with van der Waals surface area (Å²) in [5.41, 5.74) is 12.3. The van der Waals surface area contributed by atoms with Gasteiger partial charge in [-0.3, -0.25) is 0 Å². The second kappa shape index (κ2) is 15.7. The van der Waals surface area contributed by atoms with Gasteiger partial charge in [-0.25, -0.2) is 18.7 Å². The molecule has 0 atom stereocenters. The Hall–Kier alpha value is -8.99. The summed E-state index contributed by atoms with van der Waals surface area (Å²) in [6.07, 6.45) is 0. The molecule has 0 saturated carbocycles. The third-order valence-electron chi connectivity index (χ3n) is 12.5. The van der Waals surface area contributed by atoms with E-state index >= 15 is 8.78 Å². The molecule has 66 heavy (non-hydrogen) atoms. The molecule has 0 bridgehead atoms. The fourth-order valence-electron chi connectivity index (χ4n) is 9.50. The number of hydrogen-bond donors (Lipinski definition) is 0. The summed E-state index contributed by atoms with van der Waals surface area (Å²) in [5.74, 6) is -1.51. The van der Waals surface area contributed by atoms with Crippen molar-refractivity contribution in [3.05, 3.63) is 230 Å². The van der Waals surface area contributed by atoms with Gasteiger partial charge in [-0.2, -0.15) is 5.26 Å². The molecule has 0 saturated heterocycles. The van der Waals surface area contributed by atoms with Gasteiger partial charge in [0.25, 0.3) is 0 Å². The van der Waals surface area contributed by atoms with Gasteiger partial charge in [-0.1, -0.05) is 127 Å². The number of hydrogen-bond acceptors (Lipinski definition) is 3. The first-order valence-electron chi connectivity index (χ1n) is 21.7. The zero-order valence-corrected chi connectivity index (χ0v) is 35.2. The maximum Gasteiger partial charge on any atom is 0.134 e. The second-order valence-corrected chi connectivity index (χ2v) is 16.3. The smallest absolute Gasteiger partial charge is 0.134 e. The molecule has 310 valence electrons. The first-order chi connectivity index (χ1) is 32.5. The predicted molar refractivity (Wildman–Crippen MR) is 263 cm³/mol. The van der Waals surface area contributed by atoms with Gasteiger partial charge in [-0.05, 0) is 84.9 Å². The third kappa shape index (κ3) is 6.35. The van der Waals surface area contributed by atoms with E-state index in [-0.39, 0.29) is 16.7 Å². The van der Waals surface area contributed by atoms with Gasteiger partial charge in [0.2, 0.25) is 0 Å². The van der Waals surface area contributed by atoms with Crippen LogP contribution in [0.3, 0.4) is 0 Å². The number of halogens is 2. The van der Waals surface area contributed by atoms with E-state index in [0.29, 0.717) is 11.4 Å². The third-order valence-corrected chi connectivity index (χ3v) is 12.5. The van der Waals surface area contributed by atoms with Crippen molar-refractivity contribution in [2.45, 2.75) is 0 Å². The number of benzene rings is 8. The molecule has 0 aliphatic carbocycles. The highest BCUT2D eigenvalue weighted by atomic mass is 19.1. The first-order valence-corrected chi connectivity index (χ1v) is 21.7. The Morgan fingerprint density at radius 1 is 0.364 bits per heavy atom. The van der Waals surface area contributed by atoms with Crippen molar-refractivity contribution in [2.75, 3.05) is 0 Å². The minimum atomic E-state index is -0.753. The molecule has 0 aliphatic heterocycles. The van der Waals surface area contributed by atoms with Crippen molar-refractivity contribution in [1.29, 1.82) is 5.26 Å². The molecule has 8 aromatic carbocycles. The molecular formula is C59H35F2N5. The molecule has 4 aromatic heterocycles. The van der Waals surface area contributed by atoms with E-state index in [0.717, 1.165) is 88.6 Å². The van der Waals surface area contributed by atoms with E-state index in [1.807, 2.05) is 97.1 Å². The van der Waals surface area contributed by atoms with Crippen LogP contribution in [0.25, 0.3) is 111 Å². The average molecular weight is 852 g/mol. The number of rotatable bonds is 7. The maximum atomic E-state index is 15.9. The van der Waals surface area contributed by atoms with Crippen molar-refractivity contribution >= 4 is 43.6 Å². The molecule has 0 amide bonds. The molecule has 0 aliphatic rings. The highest BCUT2D eigenvalue weighted by molar-refractivity contribution is 6.13. The number of para-hydroxylation sites is 2. The summed E-state index contributed by atoms with van der Waals surface area (Å²) < 4.78 is 36.1. The molecule has 12 rings (SSSR count). The average Bonchev–Trinajstić information content (AvgIpc) is 3.89. The number of aromatic nitrogens is 4. The molecule has 0 N–H and O–H groups in total. The lowest BCUT2D eigenvalue weighted by molar-refractivity contribution is 0.589. The largest absolute Gasteiger partial charge is 0.307 e. The van der Waals surface area contributed by atoms with Crippen LogP contribution in [0, 0.1) is 23.0 Å². The van der Waals surface area contributed by atoms with Crippen molar-refractivity contribution in [3.63, 3.8) is 0 Å². The number of pyridine rings is 2. The Balaban J connectivity index is 1.12. The Morgan fingerprint density at radius 3 is 1.26 bits per heavy atom. The highest BCUT2D eigenvalue weighted by Crippen LogP contribution is 2.43. The fraction of sp³-hybridized carbons (Fsp3) is 0. The van der Waals surface area contributed by atoms with E-state index in [1.54, 1.807) is 12.1 Å². The predicted octanol–water partition coefficient (Wildman–Crippen LogP) is 15.2. The van der Waals surface area contributed by atoms with Gasteiger partial charge < -0.3 is 9.13 Å². The van der Waals surface area contributed by atoms with Crippen molar-refractivity contribution < 1.29 is 8.78 Å². The zero-order chi connectivity index (χ0) is 44.3. The molecule has 0 fully saturated rings. The molecular weight excluding hydrogens is 817 g/mol. The normalized spacial score (nSPS) is 11.5. The lowest BCUT2D eigenvalue weighted by atomic mass is 9.97. The SMILES string of the molecule is N#Cc1cc(-n2c3ccccc3c3cc(-c4cccc(-c5ccccc5)n4)ccc32)c(-n2c3ccccc3c3cc(-c4cccc(-c5ccccc5)n4)ccc32)cc1-c1c(F)cccc1F. The van der Waals surface area contributed by atoms with Gasteiger partial charge in [-0.15, -0.1) is 0 Å². The number of nitrogens with zero attached hydrogens (tertiary/aromatic N) is 5. The van der Waals surface area contributed by atoms with Crippen LogP contribution in [0.15, 0.2) is 212 Å². The van der Waals surface area contributed by atoms with Crippen LogP contribution >= 0.6 is 0 Å². The minimum Gasteiger partial charge on any atom is -0.307 e. The van der Waals surface area contributed by atoms with Crippen LogP contribution in [0.2, 0.25) is 0 Å². The quantitative estimate of drug-likeness (QED) is 0.160. The van der Waals surface area contributed by atoms with Crippen LogP contribution in [0.1, 0.15) is 5.56 Å². The Kier molecular flexibility index (Phi) is 9.18. The van der Waals surface area contributed by atoms with Crippen LogP contribution in [-0.4, -0.2) is 19.1 Å². The molecule has 12 aromatic rings. The van der Waals surface area contributed by atoms with Crippen molar-refractivity contribution in [1.82, 2.24) is 19.1 Å². The van der Waals surface area contributed by atoms with Crippen LogP contribution in [0.4, 0.5) is 8.78 Å². The summed E-state index contributed by atoms with van der Waals surface area (Å²) in [6.45, 7) is 0. The Labute approximate surface area is 378 Å². The summed E-state index contributed by atoms with van der Waals surface area (Å²) in [5, 5.41) is 14.8. The van der Waals surface area contributed by atoms with Gasteiger partial charge in [0.1, 0.15) is 11.6 Å². The number of fused-ring (bicyclic) bond motifs is 6. The fourth-order valence-corrected chi connectivity index (χ4v) is 9.50. The molecule has 4 heterocycles. The van der Waals surface area contributed by atoms with Crippen LogP contribution < -0.4 is 0 Å². The Morgan fingerprint density at radius 2 is 0.773 bits per heavy atom. The monoisotopic (exact) mass is 851 g/mol. The molecule has 7 heteroatoms. The molecule has 5 nitrogen and oxygen atoms in total. The lowest BCUT2D eigenvalue weighted by Gasteiger charge is -2.20. The van der Waals surface area contributed by atoms with E-state index in [4.69, 9.17) is 9.97 Å². The van der Waals surface area contributed by atoms with E-state index in [1.165, 1.54) is 18.2 Å². The summed E-state index contributed by atoms with van der Waals surface area (Å²) in [7, 11) is 0. The standard InChI is InChI=1S/C59H35F2N5/c60-47-20-11-21-48(61)59(47)44-35-58(66-54-27-10-8-19-43(54)46-33-40(29-31-56(46)66)52-25-13-23-50(64-52)38-16-5-2-6-17-38)57(34-41(44)36-62)65-53-26-9-7-18-42(53)45-32-39(28-30-55(45)65)51-24-12-22-49(63-51)37-14-3-1-4-15-37/h1-35H. The minimum absolute atomic E-state index is 0.134. The zero-order valence-electron chi connectivity index (χ0n) is 35.2. The Bertz CT molecular complexity index is 3900. The van der Waals surface area contributed by atoms with Crippen molar-refractivity contribution in [3.8, 4) is 73.6 Å². The summed E-state index contributed by atoms with van der Waals surface area (Å²) >= 11 is 0. The van der Waals surface area contributed by atoms with Crippen LogP contribution in [0.5, 0.6) is 0 Å². The van der Waals surface area contributed by atoms with Gasteiger partial charge in [0.15, 0.2) is 0 Å². The maximum absolute atomic E-state index is 15.9. The van der Waals surface area contributed by atoms with E-state index in [9.17, 15) is 5.26 Å². The molecule has 0 radical (unpaired) electrons.